The highest BCUT2D eigenvalue weighted by molar-refractivity contribution is 6.30. The Bertz CT molecular complexity index is 1050. The van der Waals surface area contributed by atoms with Crippen LogP contribution in [0.4, 0.5) is 0 Å². The monoisotopic (exact) mass is 385 g/mol. The number of fused-ring (bicyclic) bond motifs is 1. The standard InChI is InChI=1S/C19H16ClN3O4/c1-27-17(24)10-15(12-5-7-13(20)8-6-12)22-18(25)14-11-21-16-4-2-3-9-23(16)19(14)26/h2-9,11,15H,10H2,1H3,(H,22,25)/t15-/m1/s1. The van der Waals surface area contributed by atoms with Gasteiger partial charge in [0, 0.05) is 17.4 Å². The molecule has 0 fully saturated rings. The van der Waals surface area contributed by atoms with Crippen molar-refractivity contribution in [3.8, 4) is 0 Å². The summed E-state index contributed by atoms with van der Waals surface area (Å²) in [6.07, 6.45) is 2.67. The van der Waals surface area contributed by atoms with E-state index in [9.17, 15) is 14.4 Å². The van der Waals surface area contributed by atoms with E-state index in [0.717, 1.165) is 0 Å². The largest absolute Gasteiger partial charge is 0.469 e. The minimum atomic E-state index is -0.682. The van der Waals surface area contributed by atoms with Gasteiger partial charge in [-0.15, -0.1) is 0 Å². The third-order valence-corrected chi connectivity index (χ3v) is 4.29. The number of methoxy groups -OCH3 is 1. The highest BCUT2D eigenvalue weighted by Crippen LogP contribution is 2.20. The molecule has 0 bridgehead atoms. The molecule has 27 heavy (non-hydrogen) atoms. The van der Waals surface area contributed by atoms with E-state index < -0.39 is 23.5 Å². The van der Waals surface area contributed by atoms with Gasteiger partial charge in [0.15, 0.2) is 0 Å². The van der Waals surface area contributed by atoms with E-state index >= 15 is 0 Å². The van der Waals surface area contributed by atoms with Gasteiger partial charge in [0.1, 0.15) is 11.2 Å². The number of nitrogens with zero attached hydrogens (tertiary/aromatic N) is 2. The topological polar surface area (TPSA) is 89.8 Å². The molecule has 138 valence electrons. The molecule has 1 N–H and O–H groups in total. The minimum absolute atomic E-state index is 0.0911. The first kappa shape index (κ1) is 18.6. The molecule has 2 aromatic heterocycles. The molecule has 0 unspecified atom stereocenters. The quantitative estimate of drug-likeness (QED) is 0.681. The van der Waals surface area contributed by atoms with E-state index in [4.69, 9.17) is 16.3 Å². The maximum atomic E-state index is 12.7. The Morgan fingerprint density at radius 2 is 1.96 bits per heavy atom. The van der Waals surface area contributed by atoms with E-state index in [-0.39, 0.29) is 12.0 Å². The SMILES string of the molecule is COC(=O)C[C@@H](NC(=O)c1cnc2ccccn2c1=O)c1ccc(Cl)cc1. The van der Waals surface area contributed by atoms with Crippen LogP contribution in [0.2, 0.25) is 5.02 Å². The highest BCUT2D eigenvalue weighted by Gasteiger charge is 2.22. The molecule has 0 spiro atoms. The van der Waals surface area contributed by atoms with Crippen molar-refractivity contribution >= 4 is 29.1 Å². The summed E-state index contributed by atoms with van der Waals surface area (Å²) in [6, 6.07) is 11.1. The number of pyridine rings is 1. The second kappa shape index (κ2) is 8.01. The average Bonchev–Trinajstić information content (AvgIpc) is 2.68. The first-order valence-electron chi connectivity index (χ1n) is 8.09. The Labute approximate surface area is 159 Å². The van der Waals surface area contributed by atoms with E-state index in [1.54, 1.807) is 42.5 Å². The van der Waals surface area contributed by atoms with Crippen LogP contribution < -0.4 is 10.9 Å². The molecule has 1 amide bonds. The van der Waals surface area contributed by atoms with Crippen molar-refractivity contribution in [3.63, 3.8) is 0 Å². The van der Waals surface area contributed by atoms with Crippen molar-refractivity contribution in [2.75, 3.05) is 7.11 Å². The zero-order valence-electron chi connectivity index (χ0n) is 14.4. The number of nitrogens with one attached hydrogen (secondary N) is 1. The van der Waals surface area contributed by atoms with Gasteiger partial charge in [0.25, 0.3) is 11.5 Å². The fraction of sp³-hybridized carbons (Fsp3) is 0.158. The molecule has 1 aromatic carbocycles. The Morgan fingerprint density at radius 3 is 2.67 bits per heavy atom. The molecule has 3 rings (SSSR count). The summed E-state index contributed by atoms with van der Waals surface area (Å²) < 4.78 is 5.98. The van der Waals surface area contributed by atoms with Gasteiger partial charge in [-0.05, 0) is 29.8 Å². The normalized spacial score (nSPS) is 11.8. The highest BCUT2D eigenvalue weighted by atomic mass is 35.5. The summed E-state index contributed by atoms with van der Waals surface area (Å²) in [5.74, 6) is -1.13. The number of carbonyl (C=O) groups excluding carboxylic acids is 2. The molecule has 0 aliphatic rings. The van der Waals surface area contributed by atoms with Gasteiger partial charge >= 0.3 is 5.97 Å². The molecule has 0 saturated carbocycles. The first-order chi connectivity index (χ1) is 13.0. The molecule has 0 radical (unpaired) electrons. The molecule has 0 aliphatic heterocycles. The van der Waals surface area contributed by atoms with Crippen LogP contribution in [0.15, 0.2) is 59.7 Å². The molecule has 7 nitrogen and oxygen atoms in total. The zero-order valence-corrected chi connectivity index (χ0v) is 15.1. The maximum absolute atomic E-state index is 12.7. The fourth-order valence-corrected chi connectivity index (χ4v) is 2.74. The lowest BCUT2D eigenvalue weighted by Crippen LogP contribution is -2.35. The number of benzene rings is 1. The van der Waals surface area contributed by atoms with Crippen molar-refractivity contribution < 1.29 is 14.3 Å². The molecule has 1 atom stereocenters. The van der Waals surface area contributed by atoms with Gasteiger partial charge in [-0.2, -0.15) is 0 Å². The van der Waals surface area contributed by atoms with Crippen molar-refractivity contribution in [2.24, 2.45) is 0 Å². The average molecular weight is 386 g/mol. The van der Waals surface area contributed by atoms with E-state index in [1.807, 2.05) is 0 Å². The number of amides is 1. The van der Waals surface area contributed by atoms with Crippen LogP contribution in [0.25, 0.3) is 5.65 Å². The smallest absolute Gasteiger partial charge is 0.307 e. The Morgan fingerprint density at radius 1 is 1.22 bits per heavy atom. The van der Waals surface area contributed by atoms with Gasteiger partial charge in [0.2, 0.25) is 0 Å². The Balaban J connectivity index is 1.92. The van der Waals surface area contributed by atoms with E-state index in [1.165, 1.54) is 23.9 Å². The lowest BCUT2D eigenvalue weighted by Gasteiger charge is -2.18. The van der Waals surface area contributed by atoms with Crippen molar-refractivity contribution in [1.29, 1.82) is 0 Å². The minimum Gasteiger partial charge on any atom is -0.469 e. The van der Waals surface area contributed by atoms with Gasteiger partial charge < -0.3 is 10.1 Å². The predicted molar refractivity (Wildman–Crippen MR) is 99.8 cm³/mol. The van der Waals surface area contributed by atoms with Crippen molar-refractivity contribution in [2.45, 2.75) is 12.5 Å². The van der Waals surface area contributed by atoms with Gasteiger partial charge in [-0.1, -0.05) is 29.8 Å². The molecule has 0 aliphatic carbocycles. The fourth-order valence-electron chi connectivity index (χ4n) is 2.62. The lowest BCUT2D eigenvalue weighted by atomic mass is 10.0. The summed E-state index contributed by atoms with van der Waals surface area (Å²) in [6.45, 7) is 0. The summed E-state index contributed by atoms with van der Waals surface area (Å²) in [4.78, 5) is 41.1. The second-order valence-electron chi connectivity index (χ2n) is 5.76. The molecule has 0 saturated heterocycles. The summed E-state index contributed by atoms with van der Waals surface area (Å²) >= 11 is 5.90. The number of halogens is 1. The van der Waals surface area contributed by atoms with Gasteiger partial charge in [-0.25, -0.2) is 4.98 Å². The van der Waals surface area contributed by atoms with Crippen LogP contribution in [-0.4, -0.2) is 28.4 Å². The molecule has 2 heterocycles. The third kappa shape index (κ3) is 4.15. The summed E-state index contributed by atoms with van der Waals surface area (Å²) in [7, 11) is 1.27. The van der Waals surface area contributed by atoms with E-state index in [2.05, 4.69) is 10.3 Å². The number of esters is 1. The van der Waals surface area contributed by atoms with Crippen LogP contribution in [0, 0.1) is 0 Å². The summed E-state index contributed by atoms with van der Waals surface area (Å²) in [5.41, 5.74) is 0.475. The van der Waals surface area contributed by atoms with E-state index in [0.29, 0.717) is 16.2 Å². The third-order valence-electron chi connectivity index (χ3n) is 4.03. The number of hydrogen-bond donors (Lipinski definition) is 1. The van der Waals surface area contributed by atoms with Gasteiger partial charge in [-0.3, -0.25) is 18.8 Å². The zero-order chi connectivity index (χ0) is 19.4. The van der Waals surface area contributed by atoms with Crippen LogP contribution in [-0.2, 0) is 9.53 Å². The maximum Gasteiger partial charge on any atom is 0.307 e. The lowest BCUT2D eigenvalue weighted by molar-refractivity contribution is -0.141. The van der Waals surface area contributed by atoms with Crippen LogP contribution in [0.5, 0.6) is 0 Å². The number of ether oxygens (including phenoxy) is 1. The van der Waals surface area contributed by atoms with Crippen LogP contribution >= 0.6 is 11.6 Å². The van der Waals surface area contributed by atoms with Crippen molar-refractivity contribution in [3.05, 3.63) is 81.4 Å². The predicted octanol–water partition coefficient (Wildman–Crippen LogP) is 2.38. The summed E-state index contributed by atoms with van der Waals surface area (Å²) in [5, 5.41) is 3.23. The number of hydrogen-bond acceptors (Lipinski definition) is 5. The Hall–Kier alpha value is -3.19. The molecule has 8 heteroatoms. The molecule has 3 aromatic rings. The Kier molecular flexibility index (Phi) is 5.52. The molecular formula is C19H16ClN3O4. The van der Waals surface area contributed by atoms with Crippen LogP contribution in [0.3, 0.4) is 0 Å². The first-order valence-corrected chi connectivity index (χ1v) is 8.47. The number of aromatic nitrogens is 2. The molecular weight excluding hydrogens is 370 g/mol. The second-order valence-corrected chi connectivity index (χ2v) is 6.20. The van der Waals surface area contributed by atoms with Gasteiger partial charge in [0.05, 0.1) is 19.6 Å². The number of carbonyl (C=O) groups is 2. The van der Waals surface area contributed by atoms with Crippen molar-refractivity contribution in [1.82, 2.24) is 14.7 Å². The number of rotatable bonds is 5. The van der Waals surface area contributed by atoms with Crippen LogP contribution in [0.1, 0.15) is 28.4 Å².